The average Bonchev–Trinajstić information content (AvgIpc) is 3.49. The quantitative estimate of drug-likeness (QED) is 0.408. The fourth-order valence-corrected chi connectivity index (χ4v) is 3.51. The molecule has 0 bridgehead atoms. The molecule has 0 aliphatic rings. The lowest BCUT2D eigenvalue weighted by Gasteiger charge is -2.14. The van der Waals surface area contributed by atoms with Gasteiger partial charge < -0.3 is 14.5 Å². The van der Waals surface area contributed by atoms with Crippen LogP contribution in [0.25, 0.3) is 22.5 Å². The third-order valence-corrected chi connectivity index (χ3v) is 5.26. The monoisotopic (exact) mass is 446 g/mol. The van der Waals surface area contributed by atoms with Crippen LogP contribution in [0.1, 0.15) is 42.7 Å². The Balaban J connectivity index is 1.51. The lowest BCUT2D eigenvalue weighted by Crippen LogP contribution is -2.37. The van der Waals surface area contributed by atoms with Crippen molar-refractivity contribution < 1.29 is 18.7 Å². The van der Waals surface area contributed by atoms with Gasteiger partial charge in [-0.25, -0.2) is 14.5 Å². The van der Waals surface area contributed by atoms with Crippen LogP contribution in [-0.2, 0) is 16.0 Å². The summed E-state index contributed by atoms with van der Waals surface area (Å²) in [7, 11) is 0. The van der Waals surface area contributed by atoms with Crippen molar-refractivity contribution >= 4 is 22.9 Å². The molecular weight excluding hydrogens is 420 g/mol. The zero-order valence-electron chi connectivity index (χ0n) is 18.8. The van der Waals surface area contributed by atoms with Crippen LogP contribution in [0.15, 0.2) is 65.4 Å². The SMILES string of the molecule is CC(OC(=O)c1cc(-c2ccco2)nc2c1cnn2C(C)C)C(=O)NCCc1ccccc1. The molecular formula is C25H26N4O4. The maximum Gasteiger partial charge on any atom is 0.339 e. The molecule has 1 atom stereocenters. The number of ether oxygens (including phenoxy) is 1. The molecule has 0 fully saturated rings. The summed E-state index contributed by atoms with van der Waals surface area (Å²) in [6, 6.07) is 15.0. The second kappa shape index (κ2) is 9.68. The molecule has 0 radical (unpaired) electrons. The Morgan fingerprint density at radius 2 is 1.91 bits per heavy atom. The van der Waals surface area contributed by atoms with Gasteiger partial charge in [-0.05, 0) is 51.0 Å². The van der Waals surface area contributed by atoms with Crippen LogP contribution in [0, 0.1) is 0 Å². The molecule has 170 valence electrons. The zero-order chi connectivity index (χ0) is 23.4. The van der Waals surface area contributed by atoms with Gasteiger partial charge >= 0.3 is 5.97 Å². The lowest BCUT2D eigenvalue weighted by molar-refractivity contribution is -0.129. The Morgan fingerprint density at radius 3 is 2.61 bits per heavy atom. The number of hydrogen-bond donors (Lipinski definition) is 1. The molecule has 0 spiro atoms. The van der Waals surface area contributed by atoms with Gasteiger partial charge in [0.25, 0.3) is 5.91 Å². The summed E-state index contributed by atoms with van der Waals surface area (Å²) in [5, 5.41) is 7.75. The number of furan rings is 1. The molecule has 1 aromatic carbocycles. The smallest absolute Gasteiger partial charge is 0.339 e. The summed E-state index contributed by atoms with van der Waals surface area (Å²) in [6.07, 6.45) is 2.87. The van der Waals surface area contributed by atoms with Crippen LogP contribution in [0.5, 0.6) is 0 Å². The van der Waals surface area contributed by atoms with Crippen LogP contribution >= 0.6 is 0 Å². The average molecular weight is 447 g/mol. The van der Waals surface area contributed by atoms with Crippen LogP contribution < -0.4 is 5.32 Å². The highest BCUT2D eigenvalue weighted by atomic mass is 16.5. The molecule has 0 aliphatic carbocycles. The molecule has 8 heteroatoms. The molecule has 4 aromatic rings. The zero-order valence-corrected chi connectivity index (χ0v) is 18.8. The van der Waals surface area contributed by atoms with E-state index in [1.165, 1.54) is 0 Å². The van der Waals surface area contributed by atoms with Crippen molar-refractivity contribution in [3.8, 4) is 11.5 Å². The van der Waals surface area contributed by atoms with Crippen LogP contribution in [0.3, 0.4) is 0 Å². The maximum atomic E-state index is 13.1. The molecule has 3 heterocycles. The van der Waals surface area contributed by atoms with E-state index in [-0.39, 0.29) is 17.5 Å². The Bertz CT molecular complexity index is 1250. The number of hydrogen-bond acceptors (Lipinski definition) is 6. The normalized spacial score (nSPS) is 12.1. The highest BCUT2D eigenvalue weighted by Crippen LogP contribution is 2.27. The first-order valence-corrected chi connectivity index (χ1v) is 10.9. The van der Waals surface area contributed by atoms with E-state index in [0.29, 0.717) is 35.5 Å². The molecule has 1 amide bonds. The number of aromatic nitrogens is 3. The Morgan fingerprint density at radius 1 is 1.12 bits per heavy atom. The summed E-state index contributed by atoms with van der Waals surface area (Å²) in [5.74, 6) is -0.452. The number of esters is 1. The molecule has 3 aromatic heterocycles. The van der Waals surface area contributed by atoms with Gasteiger partial charge in [-0.2, -0.15) is 5.10 Å². The van der Waals surface area contributed by atoms with Gasteiger partial charge in [0, 0.05) is 12.6 Å². The standard InChI is InChI=1S/C25H26N4O4/c1-16(2)29-23-20(15-27-29)19(14-21(28-23)22-10-7-13-32-22)25(31)33-17(3)24(30)26-12-11-18-8-5-4-6-9-18/h4-10,13-17H,11-12H2,1-3H3,(H,26,30). The highest BCUT2D eigenvalue weighted by molar-refractivity contribution is 6.04. The van der Waals surface area contributed by atoms with Gasteiger partial charge in [0.05, 0.1) is 23.4 Å². The highest BCUT2D eigenvalue weighted by Gasteiger charge is 2.24. The number of nitrogens with one attached hydrogen (secondary N) is 1. The second-order valence-electron chi connectivity index (χ2n) is 8.03. The molecule has 1 N–H and O–H groups in total. The number of amides is 1. The van der Waals surface area contributed by atoms with E-state index in [0.717, 1.165) is 5.56 Å². The van der Waals surface area contributed by atoms with Crippen molar-refractivity contribution in [3.63, 3.8) is 0 Å². The number of carbonyl (C=O) groups excluding carboxylic acids is 2. The number of benzene rings is 1. The molecule has 0 aliphatic heterocycles. The van der Waals surface area contributed by atoms with Crippen molar-refractivity contribution in [2.75, 3.05) is 6.54 Å². The van der Waals surface area contributed by atoms with Gasteiger partial charge in [-0.3, -0.25) is 4.79 Å². The van der Waals surface area contributed by atoms with E-state index >= 15 is 0 Å². The van der Waals surface area contributed by atoms with Crippen molar-refractivity contribution in [1.29, 1.82) is 0 Å². The fourth-order valence-electron chi connectivity index (χ4n) is 3.51. The van der Waals surface area contributed by atoms with E-state index < -0.39 is 12.1 Å². The van der Waals surface area contributed by atoms with E-state index in [1.54, 1.807) is 42.3 Å². The Hall–Kier alpha value is -3.94. The summed E-state index contributed by atoms with van der Waals surface area (Å²) in [4.78, 5) is 30.2. The number of nitrogens with zero attached hydrogens (tertiary/aromatic N) is 3. The maximum absolute atomic E-state index is 13.1. The third-order valence-electron chi connectivity index (χ3n) is 5.26. The lowest BCUT2D eigenvalue weighted by atomic mass is 10.1. The van der Waals surface area contributed by atoms with Crippen molar-refractivity contribution in [3.05, 3.63) is 72.1 Å². The van der Waals surface area contributed by atoms with Crippen LogP contribution in [-0.4, -0.2) is 39.3 Å². The first-order chi connectivity index (χ1) is 15.9. The molecule has 0 saturated heterocycles. The number of fused-ring (bicyclic) bond motifs is 1. The minimum atomic E-state index is -0.955. The van der Waals surface area contributed by atoms with Crippen molar-refractivity contribution in [2.45, 2.75) is 39.3 Å². The molecule has 0 saturated carbocycles. The predicted octanol–water partition coefficient (Wildman–Crippen LogP) is 4.18. The minimum Gasteiger partial charge on any atom is -0.463 e. The van der Waals surface area contributed by atoms with Crippen LogP contribution in [0.2, 0.25) is 0 Å². The molecule has 1 unspecified atom stereocenters. The topological polar surface area (TPSA) is 99.2 Å². The van der Waals surface area contributed by atoms with Gasteiger partial charge in [0.15, 0.2) is 17.5 Å². The van der Waals surface area contributed by atoms with Crippen molar-refractivity contribution in [2.24, 2.45) is 0 Å². The van der Waals surface area contributed by atoms with Crippen LogP contribution in [0.4, 0.5) is 0 Å². The van der Waals surface area contributed by atoms with Gasteiger partial charge in [-0.1, -0.05) is 30.3 Å². The third kappa shape index (κ3) is 4.95. The molecule has 33 heavy (non-hydrogen) atoms. The number of pyridine rings is 1. The molecule has 8 nitrogen and oxygen atoms in total. The van der Waals surface area contributed by atoms with E-state index in [4.69, 9.17) is 9.15 Å². The number of carbonyl (C=O) groups is 2. The van der Waals surface area contributed by atoms with Gasteiger partial charge in [-0.15, -0.1) is 0 Å². The largest absolute Gasteiger partial charge is 0.463 e. The Kier molecular flexibility index (Phi) is 6.53. The Labute approximate surface area is 191 Å². The van der Waals surface area contributed by atoms with Crippen molar-refractivity contribution in [1.82, 2.24) is 20.1 Å². The summed E-state index contributed by atoms with van der Waals surface area (Å²) < 4.78 is 12.7. The fraction of sp³-hybridized carbons (Fsp3) is 0.280. The van der Waals surface area contributed by atoms with E-state index in [1.807, 2.05) is 44.2 Å². The first-order valence-electron chi connectivity index (χ1n) is 10.9. The van der Waals surface area contributed by atoms with E-state index in [9.17, 15) is 9.59 Å². The van der Waals surface area contributed by atoms with Gasteiger partial charge in [0.1, 0.15) is 5.69 Å². The minimum absolute atomic E-state index is 0.0417. The van der Waals surface area contributed by atoms with Gasteiger partial charge in [0.2, 0.25) is 0 Å². The summed E-state index contributed by atoms with van der Waals surface area (Å²) in [6.45, 7) is 5.97. The van der Waals surface area contributed by atoms with E-state index in [2.05, 4.69) is 15.4 Å². The summed E-state index contributed by atoms with van der Waals surface area (Å²) >= 11 is 0. The number of rotatable bonds is 8. The first kappa shape index (κ1) is 22.3. The predicted molar refractivity (Wildman–Crippen MR) is 124 cm³/mol. The second-order valence-corrected chi connectivity index (χ2v) is 8.03. The molecule has 4 rings (SSSR count). The summed E-state index contributed by atoms with van der Waals surface area (Å²) in [5.41, 5.74) is 2.43.